The van der Waals surface area contributed by atoms with Gasteiger partial charge in [-0.15, -0.1) is 23.1 Å². The second kappa shape index (κ2) is 38.1. The highest BCUT2D eigenvalue weighted by Crippen LogP contribution is 2.44. The summed E-state index contributed by atoms with van der Waals surface area (Å²) in [5.74, 6) is -0.458. The van der Waals surface area contributed by atoms with Crippen LogP contribution in [-0.4, -0.2) is 213 Å². The van der Waals surface area contributed by atoms with Crippen LogP contribution in [0.4, 0.5) is 17.1 Å². The molecule has 108 heavy (non-hydrogen) atoms. The minimum absolute atomic E-state index is 0.0374. The summed E-state index contributed by atoms with van der Waals surface area (Å²) < 4.78 is 35.4. The number of benzene rings is 5. The van der Waals surface area contributed by atoms with Gasteiger partial charge >= 0.3 is 0 Å². The predicted octanol–water partition coefficient (Wildman–Crippen LogP) is 12.6. The highest BCUT2D eigenvalue weighted by atomic mass is 35.5. The number of anilines is 2. The van der Waals surface area contributed by atoms with Crippen LogP contribution in [0.2, 0.25) is 5.02 Å². The van der Waals surface area contributed by atoms with E-state index in [4.69, 9.17) is 16.3 Å². The molecule has 11 rings (SSSR count). The summed E-state index contributed by atoms with van der Waals surface area (Å²) in [7, 11) is -4.51. The molecule has 0 unspecified atom stereocenters. The van der Waals surface area contributed by atoms with Gasteiger partial charge in [0.1, 0.15) is 11.7 Å². The van der Waals surface area contributed by atoms with Crippen LogP contribution in [0, 0.1) is 27.9 Å². The normalized spacial score (nSPS) is 20.2. The number of aryl methyl sites for hydroxylation is 1. The third-order valence-corrected chi connectivity index (χ3v) is 25.6. The number of sulfonamides is 1. The van der Waals surface area contributed by atoms with E-state index in [1.807, 2.05) is 124 Å². The zero-order valence-corrected chi connectivity index (χ0v) is 66.7. The number of piperazine rings is 2. The lowest BCUT2D eigenvalue weighted by atomic mass is 9.71. The quantitative estimate of drug-likeness (QED) is 0.0114. The second-order valence-electron chi connectivity index (χ2n) is 31.3. The van der Waals surface area contributed by atoms with Gasteiger partial charge in [-0.05, 0) is 159 Å². The molecule has 6 atom stereocenters. The van der Waals surface area contributed by atoms with Crippen LogP contribution in [0.25, 0.3) is 16.0 Å². The molecule has 0 bridgehead atoms. The minimum Gasteiger partial charge on any atom is -0.391 e. The maximum absolute atomic E-state index is 14.3. The standard InChI is InChI=1S/C82H109ClN12O10S3/c1-58(60-19-21-62(22-20-60)76-59(2)85-57-107-76)86-79(99)74-50-68(96)54-94(74)80(100)77(81(3,4)5)84-36-14-9-7-8-13-18-75(97)93-45-41-91(42-46-93)56-82(6)35-33-71(61-23-27-65(83)28-24-61)64(52-82)53-90-39-43-92(44-40-90)67-29-25-63(26-30-67)78(98)88-108(103,104)70-31-32-72(73(51-70)95(101)102)87-66(55-106-69-16-11-10-12-17-69)34-38-89-37-15-48-105-49-47-89/h10-12,16-17,19-32,51,57-58,66,68,74,77,84,87,96H,7-9,13-15,18,33-50,52-56H2,1-6H3,(H,86,99)(H,88,98)/t58-,66+,68+,74-,77+,82+/m0/s1. The molecule has 1 aliphatic carbocycles. The Balaban J connectivity index is 0.601. The first-order valence-electron chi connectivity index (χ1n) is 38.5. The number of aliphatic hydroxyl groups is 1. The average molecular weight is 1550 g/mol. The number of aromatic nitrogens is 1. The smallest absolute Gasteiger partial charge is 0.293 e. The number of halogens is 1. The molecule has 5 aromatic carbocycles. The van der Waals surface area contributed by atoms with E-state index in [0.29, 0.717) is 36.8 Å². The number of nitrogens with one attached hydrogen (secondary N) is 4. The zero-order chi connectivity index (χ0) is 76.5. The predicted molar refractivity (Wildman–Crippen MR) is 431 cm³/mol. The molecule has 26 heteroatoms. The number of carbonyl (C=O) groups excluding carboxylic acids is 4. The molecule has 0 saturated carbocycles. The van der Waals surface area contributed by atoms with Crippen molar-refractivity contribution in [2.45, 2.75) is 159 Å². The van der Waals surface area contributed by atoms with Crippen molar-refractivity contribution < 1.29 is 42.4 Å². The number of hydrogen-bond acceptors (Lipinski definition) is 19. The van der Waals surface area contributed by atoms with E-state index in [0.717, 1.165) is 188 Å². The Morgan fingerprint density at radius 1 is 0.833 bits per heavy atom. The first-order valence-corrected chi connectivity index (χ1v) is 42.2. The van der Waals surface area contributed by atoms with Crippen molar-refractivity contribution in [2.24, 2.45) is 10.8 Å². The number of β-amino-alcohol motifs (C(OH)–C–C–N with tert-alkyl or cyclic N) is 1. The third-order valence-electron chi connectivity index (χ3n) is 21.9. The summed E-state index contributed by atoms with van der Waals surface area (Å²) >= 11 is 9.66. The molecule has 4 aliphatic heterocycles. The number of thiazole rings is 1. The lowest BCUT2D eigenvalue weighted by molar-refractivity contribution is -0.384. The van der Waals surface area contributed by atoms with Crippen molar-refractivity contribution >= 4 is 91.0 Å². The number of carbonyl (C=O) groups is 4. The van der Waals surface area contributed by atoms with Crippen molar-refractivity contribution in [1.82, 2.24) is 44.8 Å². The molecule has 5 heterocycles. The maximum atomic E-state index is 14.3. The van der Waals surface area contributed by atoms with Crippen LogP contribution < -0.4 is 25.6 Å². The summed E-state index contributed by atoms with van der Waals surface area (Å²) in [6.45, 7) is 25.0. The second-order valence-corrected chi connectivity index (χ2v) is 35.3. The number of likely N-dealkylation sites (tertiary alicyclic amines) is 1. The summed E-state index contributed by atoms with van der Waals surface area (Å²) in [6, 6.07) is 35.0. The Bertz CT molecular complexity index is 4140. The van der Waals surface area contributed by atoms with Gasteiger partial charge in [0.25, 0.3) is 21.6 Å². The number of thioether (sulfide) groups is 1. The Morgan fingerprint density at radius 2 is 1.54 bits per heavy atom. The van der Waals surface area contributed by atoms with Gasteiger partial charge in [-0.2, -0.15) is 0 Å². The minimum atomic E-state index is -4.51. The Labute approximate surface area is 651 Å². The Kier molecular flexibility index (Phi) is 28.8. The van der Waals surface area contributed by atoms with Crippen molar-refractivity contribution in [3.05, 3.63) is 170 Å². The van der Waals surface area contributed by atoms with E-state index in [9.17, 15) is 42.8 Å². The van der Waals surface area contributed by atoms with Crippen LogP contribution >= 0.6 is 34.7 Å². The summed E-state index contributed by atoms with van der Waals surface area (Å²) in [5, 5.41) is 34.1. The Hall–Kier alpha value is -7.30. The third kappa shape index (κ3) is 22.5. The van der Waals surface area contributed by atoms with Gasteiger partial charge in [0.15, 0.2) is 0 Å². The number of hydrogen-bond donors (Lipinski definition) is 5. The first-order chi connectivity index (χ1) is 51.8. The molecule has 22 nitrogen and oxygen atoms in total. The number of unbranched alkanes of at least 4 members (excludes halogenated alkanes) is 4. The topological polar surface area (TPSA) is 255 Å². The molecule has 5 N–H and O–H groups in total. The number of ether oxygens (including phenoxy) is 1. The number of nitro benzene ring substituents is 1. The largest absolute Gasteiger partial charge is 0.391 e. The van der Waals surface area contributed by atoms with Crippen LogP contribution in [0.1, 0.15) is 145 Å². The lowest BCUT2D eigenvalue weighted by Crippen LogP contribution is -2.56. The van der Waals surface area contributed by atoms with Crippen LogP contribution in [0.15, 0.2) is 142 Å². The molecular formula is C82H109ClN12O10S3. The summed E-state index contributed by atoms with van der Waals surface area (Å²) in [6.07, 6.45) is 9.09. The molecule has 4 fully saturated rings. The van der Waals surface area contributed by atoms with Gasteiger partial charge in [-0.25, -0.2) is 18.1 Å². The Morgan fingerprint density at radius 3 is 2.24 bits per heavy atom. The van der Waals surface area contributed by atoms with Crippen molar-refractivity contribution in [3.8, 4) is 10.4 Å². The molecule has 0 spiro atoms. The molecular weight excluding hydrogens is 1440 g/mol. The van der Waals surface area contributed by atoms with Crippen molar-refractivity contribution in [1.29, 1.82) is 0 Å². The van der Waals surface area contributed by atoms with Crippen molar-refractivity contribution in [2.75, 3.05) is 127 Å². The fraction of sp³-hybridized carbons (Fsp3) is 0.524. The molecule has 582 valence electrons. The molecule has 5 aliphatic rings. The highest BCUT2D eigenvalue weighted by Gasteiger charge is 2.44. The van der Waals surface area contributed by atoms with Gasteiger partial charge in [0.05, 0.1) is 50.7 Å². The lowest BCUT2D eigenvalue weighted by Gasteiger charge is -2.44. The summed E-state index contributed by atoms with van der Waals surface area (Å²) in [4.78, 5) is 86.8. The number of nitro groups is 1. The number of amides is 4. The van der Waals surface area contributed by atoms with Crippen molar-refractivity contribution in [3.63, 3.8) is 0 Å². The van der Waals surface area contributed by atoms with Crippen LogP contribution in [-0.2, 0) is 29.1 Å². The number of nitrogens with zero attached hydrogens (tertiary/aromatic N) is 8. The van der Waals surface area contributed by atoms with Gasteiger partial charge < -0.3 is 45.4 Å². The maximum Gasteiger partial charge on any atom is 0.293 e. The average Bonchev–Trinajstić information content (AvgIpc) is 0.901. The number of aliphatic hydroxyl groups excluding tert-OH is 1. The zero-order valence-electron chi connectivity index (χ0n) is 63.5. The fourth-order valence-electron chi connectivity index (χ4n) is 15.7. The van der Waals surface area contributed by atoms with E-state index < -0.39 is 55.0 Å². The van der Waals surface area contributed by atoms with E-state index in [-0.39, 0.29) is 59.4 Å². The van der Waals surface area contributed by atoms with Crippen LogP contribution in [0.3, 0.4) is 0 Å². The highest BCUT2D eigenvalue weighted by molar-refractivity contribution is 7.99. The van der Waals surface area contributed by atoms with Gasteiger partial charge in [-0.1, -0.05) is 119 Å². The van der Waals surface area contributed by atoms with E-state index in [2.05, 4.69) is 64.3 Å². The van der Waals surface area contributed by atoms with Gasteiger partial charge in [0, 0.05) is 150 Å². The van der Waals surface area contributed by atoms with Crippen LogP contribution in [0.5, 0.6) is 0 Å². The van der Waals surface area contributed by atoms with Gasteiger partial charge in [-0.3, -0.25) is 39.1 Å². The SMILES string of the molecule is Cc1ncsc1-c1ccc([C@H](C)NC(=O)[C@@H]2C[C@@H](O)CN2C(=O)[C@@H](NCCCCCCCC(=O)N2CCN(C[C@]3(C)CCC(c4ccc(Cl)cc4)=C(CN4CCN(c5ccc(C(=O)NS(=O)(=O)c6ccc(N[C@H](CCN7CCCOCC7)CSc7ccccc7)c([N+](=O)[O-])c6)cc5)CC4)C3)CC2)C(C)(C)C)cc1. The van der Waals surface area contributed by atoms with E-state index >= 15 is 0 Å². The molecule has 4 amide bonds. The molecule has 4 saturated heterocycles. The van der Waals surface area contributed by atoms with Gasteiger partial charge in [0.2, 0.25) is 17.7 Å². The van der Waals surface area contributed by atoms with E-state index in [1.54, 1.807) is 40.1 Å². The fourth-order valence-corrected chi connectivity index (χ4v) is 18.6. The molecule has 0 radical (unpaired) electrons. The molecule has 1 aromatic heterocycles. The monoisotopic (exact) mass is 1550 g/mol. The number of allylic oxidation sites excluding steroid dienone is 1. The summed E-state index contributed by atoms with van der Waals surface area (Å²) in [5.41, 5.74) is 9.30. The van der Waals surface area contributed by atoms with E-state index in [1.165, 1.54) is 28.8 Å². The first kappa shape index (κ1) is 81.7. The molecule has 6 aromatic rings. The number of rotatable bonds is 32.